The Kier molecular flexibility index (Phi) is 6.76. The summed E-state index contributed by atoms with van der Waals surface area (Å²) in [5, 5.41) is 2.73. The molecule has 2 aromatic rings. The first-order chi connectivity index (χ1) is 13.8. The van der Waals surface area contributed by atoms with Crippen molar-refractivity contribution in [3.8, 4) is 5.75 Å². The van der Waals surface area contributed by atoms with Crippen molar-refractivity contribution >= 4 is 32.0 Å². The average Bonchev–Trinajstić information content (AvgIpc) is 2.72. The summed E-state index contributed by atoms with van der Waals surface area (Å²) in [6.07, 6.45) is 0. The van der Waals surface area contributed by atoms with Gasteiger partial charge in [-0.2, -0.15) is 4.31 Å². The molecule has 1 N–H and O–H groups in total. The number of carbonyl (C=O) groups is 1. The van der Waals surface area contributed by atoms with Crippen molar-refractivity contribution in [2.75, 3.05) is 33.3 Å². The number of benzene rings is 2. The Bertz CT molecular complexity index is 995. The second-order valence-electron chi connectivity index (χ2n) is 6.48. The maximum Gasteiger partial charge on any atom is 0.317 e. The lowest BCUT2D eigenvalue weighted by atomic mass is 10.2. The van der Waals surface area contributed by atoms with Gasteiger partial charge in [-0.25, -0.2) is 17.6 Å². The zero-order chi connectivity index (χ0) is 21.0. The number of methoxy groups -OCH3 is 1. The maximum atomic E-state index is 13.7. The van der Waals surface area contributed by atoms with Crippen molar-refractivity contribution in [2.45, 2.75) is 11.4 Å². The number of urea groups is 1. The van der Waals surface area contributed by atoms with E-state index in [4.69, 9.17) is 4.74 Å². The minimum atomic E-state index is -3.61. The van der Waals surface area contributed by atoms with Crippen LogP contribution in [0.5, 0.6) is 5.75 Å². The number of sulfonamides is 1. The molecule has 0 aliphatic carbocycles. The van der Waals surface area contributed by atoms with Crippen LogP contribution in [0.15, 0.2) is 51.8 Å². The molecular weight excluding hydrogens is 465 g/mol. The van der Waals surface area contributed by atoms with Gasteiger partial charge in [0.25, 0.3) is 0 Å². The smallest absolute Gasteiger partial charge is 0.317 e. The molecule has 10 heteroatoms. The van der Waals surface area contributed by atoms with Gasteiger partial charge in [0, 0.05) is 37.2 Å². The summed E-state index contributed by atoms with van der Waals surface area (Å²) in [5.74, 6) is -0.353. The summed E-state index contributed by atoms with van der Waals surface area (Å²) in [7, 11) is -2.22. The zero-order valence-electron chi connectivity index (χ0n) is 15.8. The number of carbonyl (C=O) groups excluding carboxylic acids is 1. The lowest BCUT2D eigenvalue weighted by Gasteiger charge is -2.34. The third-order valence-electron chi connectivity index (χ3n) is 4.62. The standard InChI is InChI=1S/C19H21BrFN3O4S/c1-28-18-6-5-14(11-17(18)21)13-22-19(25)23-7-9-24(10-8-23)29(26,27)16-4-2-3-15(20)12-16/h2-6,11-12H,7-10,13H2,1H3,(H,22,25). The number of nitrogens with one attached hydrogen (secondary N) is 1. The highest BCUT2D eigenvalue weighted by atomic mass is 79.9. The summed E-state index contributed by atoms with van der Waals surface area (Å²) in [5.41, 5.74) is 0.604. The van der Waals surface area contributed by atoms with E-state index in [0.717, 1.165) is 0 Å². The van der Waals surface area contributed by atoms with Crippen molar-refractivity contribution in [1.82, 2.24) is 14.5 Å². The molecule has 29 heavy (non-hydrogen) atoms. The molecule has 1 saturated heterocycles. The van der Waals surface area contributed by atoms with E-state index in [1.807, 2.05) is 0 Å². The molecular formula is C19H21BrFN3O4S. The van der Waals surface area contributed by atoms with Gasteiger partial charge in [0.2, 0.25) is 10.0 Å². The van der Waals surface area contributed by atoms with Crippen LogP contribution in [0.25, 0.3) is 0 Å². The lowest BCUT2D eigenvalue weighted by molar-refractivity contribution is 0.172. The molecule has 0 aromatic heterocycles. The van der Waals surface area contributed by atoms with Gasteiger partial charge in [0.15, 0.2) is 11.6 Å². The Morgan fingerprint density at radius 3 is 2.52 bits per heavy atom. The predicted octanol–water partition coefficient (Wildman–Crippen LogP) is 2.81. The van der Waals surface area contributed by atoms with E-state index in [9.17, 15) is 17.6 Å². The van der Waals surface area contributed by atoms with Crippen LogP contribution in [0.3, 0.4) is 0 Å². The Labute approximate surface area is 177 Å². The Morgan fingerprint density at radius 1 is 1.17 bits per heavy atom. The van der Waals surface area contributed by atoms with Crippen LogP contribution in [0.2, 0.25) is 0 Å². The first-order valence-corrected chi connectivity index (χ1v) is 11.2. The minimum absolute atomic E-state index is 0.142. The number of nitrogens with zero attached hydrogens (tertiary/aromatic N) is 2. The third kappa shape index (κ3) is 5.06. The first kappa shape index (κ1) is 21.5. The van der Waals surface area contributed by atoms with Crippen molar-refractivity contribution in [2.24, 2.45) is 0 Å². The van der Waals surface area contributed by atoms with Gasteiger partial charge in [0.1, 0.15) is 0 Å². The molecule has 3 rings (SSSR count). The van der Waals surface area contributed by atoms with Gasteiger partial charge in [-0.1, -0.05) is 28.1 Å². The van der Waals surface area contributed by atoms with Crippen LogP contribution in [0.4, 0.5) is 9.18 Å². The van der Waals surface area contributed by atoms with Crippen LogP contribution < -0.4 is 10.1 Å². The van der Waals surface area contributed by atoms with Crippen LogP contribution >= 0.6 is 15.9 Å². The molecule has 1 aliphatic rings. The van der Waals surface area contributed by atoms with Gasteiger partial charge in [0.05, 0.1) is 12.0 Å². The van der Waals surface area contributed by atoms with Crippen LogP contribution in [0, 0.1) is 5.82 Å². The van der Waals surface area contributed by atoms with Gasteiger partial charge in [-0.3, -0.25) is 0 Å². The first-order valence-electron chi connectivity index (χ1n) is 8.92. The van der Waals surface area contributed by atoms with E-state index >= 15 is 0 Å². The molecule has 2 amide bonds. The number of halogens is 2. The molecule has 0 spiro atoms. The average molecular weight is 486 g/mol. The molecule has 1 heterocycles. The summed E-state index contributed by atoms with van der Waals surface area (Å²) < 4.78 is 46.2. The van der Waals surface area contributed by atoms with Gasteiger partial charge >= 0.3 is 6.03 Å². The number of rotatable bonds is 5. The summed E-state index contributed by atoms with van der Waals surface area (Å²) in [6.45, 7) is 1.13. The highest BCUT2D eigenvalue weighted by Gasteiger charge is 2.30. The number of hydrogen-bond acceptors (Lipinski definition) is 4. The molecule has 156 valence electrons. The maximum absolute atomic E-state index is 13.7. The fourth-order valence-electron chi connectivity index (χ4n) is 3.02. The highest BCUT2D eigenvalue weighted by Crippen LogP contribution is 2.21. The fraction of sp³-hybridized carbons (Fsp3) is 0.316. The van der Waals surface area contributed by atoms with Crippen LogP contribution in [-0.2, 0) is 16.6 Å². The van der Waals surface area contributed by atoms with Crippen LogP contribution in [0.1, 0.15) is 5.56 Å². The van der Waals surface area contributed by atoms with Crippen molar-refractivity contribution in [3.63, 3.8) is 0 Å². The molecule has 1 aliphatic heterocycles. The monoisotopic (exact) mass is 485 g/mol. The normalized spacial score (nSPS) is 15.2. The largest absolute Gasteiger partial charge is 0.494 e. The van der Waals surface area contributed by atoms with E-state index < -0.39 is 15.8 Å². The lowest BCUT2D eigenvalue weighted by Crippen LogP contribution is -2.52. The third-order valence-corrected chi connectivity index (χ3v) is 7.01. The zero-order valence-corrected chi connectivity index (χ0v) is 18.2. The van der Waals surface area contributed by atoms with E-state index in [-0.39, 0.29) is 49.4 Å². The molecule has 0 atom stereocenters. The van der Waals surface area contributed by atoms with E-state index in [1.165, 1.54) is 23.5 Å². The van der Waals surface area contributed by atoms with Crippen molar-refractivity contribution in [1.29, 1.82) is 0 Å². The fourth-order valence-corrected chi connectivity index (χ4v) is 5.04. The SMILES string of the molecule is COc1ccc(CNC(=O)N2CCN(S(=O)(=O)c3cccc(Br)c3)CC2)cc1F. The van der Waals surface area contributed by atoms with E-state index in [1.54, 1.807) is 35.2 Å². The van der Waals surface area contributed by atoms with Gasteiger partial charge in [-0.05, 0) is 35.9 Å². The Balaban J connectivity index is 1.55. The molecule has 0 unspecified atom stereocenters. The van der Waals surface area contributed by atoms with E-state index in [0.29, 0.717) is 10.0 Å². The van der Waals surface area contributed by atoms with Gasteiger partial charge in [-0.15, -0.1) is 0 Å². The Hall–Kier alpha value is -2.17. The van der Waals surface area contributed by atoms with Crippen molar-refractivity contribution in [3.05, 3.63) is 58.3 Å². The number of piperazine rings is 1. The summed E-state index contributed by atoms with van der Waals surface area (Å²) in [4.78, 5) is 14.1. The van der Waals surface area contributed by atoms with Crippen LogP contribution in [-0.4, -0.2) is 56.9 Å². The Morgan fingerprint density at radius 2 is 1.90 bits per heavy atom. The molecule has 0 bridgehead atoms. The molecule has 1 fully saturated rings. The van der Waals surface area contributed by atoms with Gasteiger partial charge < -0.3 is 15.0 Å². The summed E-state index contributed by atoms with van der Waals surface area (Å²) in [6, 6.07) is 10.7. The molecule has 7 nitrogen and oxygen atoms in total. The second kappa shape index (κ2) is 9.10. The number of ether oxygens (including phenoxy) is 1. The predicted molar refractivity (Wildman–Crippen MR) is 110 cm³/mol. The topological polar surface area (TPSA) is 79.0 Å². The molecule has 0 radical (unpaired) electrons. The van der Waals surface area contributed by atoms with Crippen molar-refractivity contribution < 1.29 is 22.3 Å². The number of hydrogen-bond donors (Lipinski definition) is 1. The van der Waals surface area contributed by atoms with E-state index in [2.05, 4.69) is 21.2 Å². The second-order valence-corrected chi connectivity index (χ2v) is 9.33. The highest BCUT2D eigenvalue weighted by molar-refractivity contribution is 9.10. The molecule has 2 aromatic carbocycles. The quantitative estimate of drug-likeness (QED) is 0.705. The number of amides is 2. The molecule has 0 saturated carbocycles. The minimum Gasteiger partial charge on any atom is -0.494 e. The summed E-state index contributed by atoms with van der Waals surface area (Å²) >= 11 is 3.28.